The highest BCUT2D eigenvalue weighted by Gasteiger charge is 2.34. The predicted molar refractivity (Wildman–Crippen MR) is 136 cm³/mol. The normalized spacial score (nSPS) is 16.1. The molecule has 0 aliphatic carbocycles. The first-order valence-corrected chi connectivity index (χ1v) is 12.6. The summed E-state index contributed by atoms with van der Waals surface area (Å²) in [6, 6.07) is 14.4. The van der Waals surface area contributed by atoms with Gasteiger partial charge in [0, 0.05) is 5.56 Å². The molecule has 31 heavy (non-hydrogen) atoms. The van der Waals surface area contributed by atoms with E-state index in [4.69, 9.17) is 9.47 Å². The molecule has 1 aliphatic heterocycles. The van der Waals surface area contributed by atoms with Crippen LogP contribution in [0, 0.1) is 0 Å². The fourth-order valence-electron chi connectivity index (χ4n) is 3.75. The molecule has 0 saturated carbocycles. The van der Waals surface area contributed by atoms with E-state index in [2.05, 4.69) is 51.6 Å². The van der Waals surface area contributed by atoms with Crippen molar-refractivity contribution in [2.24, 2.45) is 0 Å². The Morgan fingerprint density at radius 1 is 1.16 bits per heavy atom. The van der Waals surface area contributed by atoms with Gasteiger partial charge in [-0.1, -0.05) is 45.9 Å². The van der Waals surface area contributed by atoms with E-state index in [-0.39, 0.29) is 16.1 Å². The zero-order chi connectivity index (χ0) is 23.1. The average Bonchev–Trinajstić information content (AvgIpc) is 2.79. The highest BCUT2D eigenvalue weighted by atomic mass is 32.2. The van der Waals surface area contributed by atoms with Crippen LogP contribution < -0.4 is 4.74 Å². The Kier molecular flexibility index (Phi) is 9.38. The number of carbonyl (C=O) groups is 1. The van der Waals surface area contributed by atoms with Gasteiger partial charge in [-0.25, -0.2) is 4.79 Å². The molecule has 1 aliphatic rings. The van der Waals surface area contributed by atoms with Crippen LogP contribution >= 0.6 is 24.4 Å². The molecule has 0 aromatic heterocycles. The minimum absolute atomic E-state index is 0.0923. The number of thiol groups is 1. The summed E-state index contributed by atoms with van der Waals surface area (Å²) in [7, 11) is 1.41. The van der Waals surface area contributed by atoms with Crippen molar-refractivity contribution < 1.29 is 14.3 Å². The number of fused-ring (bicyclic) bond motifs is 1. The Morgan fingerprint density at radius 2 is 1.81 bits per heavy atom. The number of esters is 1. The van der Waals surface area contributed by atoms with E-state index in [1.165, 1.54) is 23.8 Å². The summed E-state index contributed by atoms with van der Waals surface area (Å²) < 4.78 is 10.5. The van der Waals surface area contributed by atoms with Crippen LogP contribution in [-0.2, 0) is 14.9 Å². The molecule has 0 N–H and O–H groups in total. The lowest BCUT2D eigenvalue weighted by molar-refractivity contribution is 0.0600. The minimum atomic E-state index is -0.311. The Morgan fingerprint density at radius 3 is 2.42 bits per heavy atom. The number of hydrogen-bond donors (Lipinski definition) is 1. The molecule has 2 aromatic rings. The van der Waals surface area contributed by atoms with Gasteiger partial charge < -0.3 is 9.47 Å². The van der Waals surface area contributed by atoms with E-state index in [1.807, 2.05) is 49.9 Å². The largest absolute Gasteiger partial charge is 0.493 e. The molecule has 0 bridgehead atoms. The van der Waals surface area contributed by atoms with Crippen LogP contribution in [-0.4, -0.2) is 31.2 Å². The van der Waals surface area contributed by atoms with Crippen LogP contribution in [0.1, 0.15) is 74.5 Å². The van der Waals surface area contributed by atoms with Gasteiger partial charge in [0.25, 0.3) is 0 Å². The standard InChI is InChI=1S/C24H30O3S2.C2H6/c1-23(2)12-13-27-21-11-10-19(16-20(21)23)24(3,29-15-5-14-28)18-8-6-17(7-9-18)22(25)26-4;1-2/h6-11,16,28H,5,12-15H2,1-4H3;1-2H3. The Bertz CT molecular complexity index is 861. The number of carbonyl (C=O) groups excluding carboxylic acids is 1. The van der Waals surface area contributed by atoms with Crippen molar-refractivity contribution in [3.8, 4) is 5.75 Å². The van der Waals surface area contributed by atoms with Crippen molar-refractivity contribution in [3.63, 3.8) is 0 Å². The summed E-state index contributed by atoms with van der Waals surface area (Å²) in [5, 5.41) is 0. The molecule has 0 spiro atoms. The minimum Gasteiger partial charge on any atom is -0.493 e. The van der Waals surface area contributed by atoms with Crippen LogP contribution in [0.25, 0.3) is 0 Å². The maximum absolute atomic E-state index is 11.8. The third kappa shape index (κ3) is 5.81. The van der Waals surface area contributed by atoms with Crippen LogP contribution in [0.4, 0.5) is 0 Å². The van der Waals surface area contributed by atoms with Crippen molar-refractivity contribution in [1.29, 1.82) is 0 Å². The van der Waals surface area contributed by atoms with Crippen LogP contribution in [0.2, 0.25) is 0 Å². The summed E-state index contributed by atoms with van der Waals surface area (Å²) in [6.45, 7) is 11.6. The van der Waals surface area contributed by atoms with Gasteiger partial charge >= 0.3 is 5.97 Å². The Hall–Kier alpha value is -1.59. The second-order valence-electron chi connectivity index (χ2n) is 8.22. The van der Waals surface area contributed by atoms with E-state index in [0.717, 1.165) is 36.7 Å². The molecule has 170 valence electrons. The van der Waals surface area contributed by atoms with Crippen molar-refractivity contribution >= 4 is 30.4 Å². The third-order valence-corrected chi connectivity index (χ3v) is 7.65. The highest BCUT2D eigenvalue weighted by Crippen LogP contribution is 2.47. The van der Waals surface area contributed by atoms with E-state index >= 15 is 0 Å². The second kappa shape index (κ2) is 11.3. The molecular weight excluding hydrogens is 424 g/mol. The monoisotopic (exact) mass is 460 g/mol. The van der Waals surface area contributed by atoms with E-state index in [1.54, 1.807) is 0 Å². The molecule has 2 aromatic carbocycles. The first-order chi connectivity index (χ1) is 14.8. The topological polar surface area (TPSA) is 35.5 Å². The Balaban J connectivity index is 0.00000166. The van der Waals surface area contributed by atoms with E-state index < -0.39 is 0 Å². The molecule has 0 amide bonds. The summed E-state index contributed by atoms with van der Waals surface area (Å²) in [5.74, 6) is 2.56. The van der Waals surface area contributed by atoms with Crippen LogP contribution in [0.5, 0.6) is 5.75 Å². The van der Waals surface area contributed by atoms with Crippen LogP contribution in [0.15, 0.2) is 42.5 Å². The molecule has 5 heteroatoms. The van der Waals surface area contributed by atoms with E-state index in [0.29, 0.717) is 5.56 Å². The molecule has 3 nitrogen and oxygen atoms in total. The van der Waals surface area contributed by atoms with Crippen molar-refractivity contribution in [1.82, 2.24) is 0 Å². The summed E-state index contributed by atoms with van der Waals surface area (Å²) >= 11 is 6.30. The third-order valence-electron chi connectivity index (χ3n) is 5.79. The highest BCUT2D eigenvalue weighted by molar-refractivity contribution is 8.00. The molecular formula is C26H36O3S2. The molecule has 0 saturated heterocycles. The van der Waals surface area contributed by atoms with Gasteiger partial charge in [0.15, 0.2) is 0 Å². The van der Waals surface area contributed by atoms with Gasteiger partial charge in [-0.05, 0) is 72.1 Å². The van der Waals surface area contributed by atoms with Gasteiger partial charge in [-0.3, -0.25) is 0 Å². The number of thioether (sulfide) groups is 1. The fraction of sp³-hybridized carbons (Fsp3) is 0.500. The summed E-state index contributed by atoms with van der Waals surface area (Å²) in [4.78, 5) is 11.8. The first kappa shape index (κ1) is 25.7. The Labute approximate surface area is 197 Å². The lowest BCUT2D eigenvalue weighted by Crippen LogP contribution is -2.28. The number of hydrogen-bond acceptors (Lipinski definition) is 5. The molecule has 1 atom stereocenters. The number of methoxy groups -OCH3 is 1. The van der Waals surface area contributed by atoms with Gasteiger partial charge in [-0.15, -0.1) is 11.8 Å². The predicted octanol–water partition coefficient (Wildman–Crippen LogP) is 6.88. The van der Waals surface area contributed by atoms with Gasteiger partial charge in [0.05, 0.1) is 24.0 Å². The first-order valence-electron chi connectivity index (χ1n) is 11.0. The molecule has 3 rings (SSSR count). The quantitative estimate of drug-likeness (QED) is 0.278. The zero-order valence-electron chi connectivity index (χ0n) is 19.7. The lowest BCUT2D eigenvalue weighted by Gasteiger charge is -2.36. The second-order valence-corrected chi connectivity index (χ2v) is 10.2. The van der Waals surface area contributed by atoms with Crippen LogP contribution in [0.3, 0.4) is 0 Å². The summed E-state index contributed by atoms with van der Waals surface area (Å²) in [6.07, 6.45) is 2.06. The smallest absolute Gasteiger partial charge is 0.337 e. The van der Waals surface area contributed by atoms with Gasteiger partial charge in [0.2, 0.25) is 0 Å². The maximum atomic E-state index is 11.8. The number of rotatable bonds is 7. The van der Waals surface area contributed by atoms with Crippen molar-refractivity contribution in [3.05, 3.63) is 64.7 Å². The van der Waals surface area contributed by atoms with Crippen molar-refractivity contribution in [2.75, 3.05) is 25.2 Å². The number of benzene rings is 2. The molecule has 0 fully saturated rings. The zero-order valence-corrected chi connectivity index (χ0v) is 21.4. The number of ether oxygens (including phenoxy) is 2. The van der Waals surface area contributed by atoms with E-state index in [9.17, 15) is 4.79 Å². The lowest BCUT2D eigenvalue weighted by atomic mass is 9.78. The van der Waals surface area contributed by atoms with Crippen molar-refractivity contribution in [2.45, 2.75) is 57.6 Å². The fourth-order valence-corrected chi connectivity index (χ4v) is 5.41. The average molecular weight is 461 g/mol. The van der Waals surface area contributed by atoms with Gasteiger partial charge in [0.1, 0.15) is 5.75 Å². The summed E-state index contributed by atoms with van der Waals surface area (Å²) in [5.41, 5.74) is 4.36. The SMILES string of the molecule is CC.COC(=O)c1ccc(C(C)(SCCCS)c2ccc3c(c2)C(C)(C)CCO3)cc1. The molecule has 0 radical (unpaired) electrons. The van der Waals surface area contributed by atoms with Gasteiger partial charge in [-0.2, -0.15) is 12.6 Å². The maximum Gasteiger partial charge on any atom is 0.337 e. The molecule has 1 heterocycles. The molecule has 1 unspecified atom stereocenters.